The molecule has 1 aliphatic carbocycles. The summed E-state index contributed by atoms with van der Waals surface area (Å²) in [5, 5.41) is 0.860. The molecule has 0 fully saturated rings. The Kier molecular flexibility index (Phi) is 4.02. The summed E-state index contributed by atoms with van der Waals surface area (Å²) in [4.78, 5) is 25.0. The third-order valence-electron chi connectivity index (χ3n) is 3.88. The Morgan fingerprint density at radius 1 is 1.27 bits per heavy atom. The number of carbonyl (C=O) groups excluding carboxylic acids is 2. The summed E-state index contributed by atoms with van der Waals surface area (Å²) < 4.78 is 7.17. The molecule has 2 aromatic heterocycles. The summed E-state index contributed by atoms with van der Waals surface area (Å²) in [5.41, 5.74) is 6.85. The Morgan fingerprint density at radius 2 is 1.95 bits per heavy atom. The summed E-state index contributed by atoms with van der Waals surface area (Å²) >= 11 is 1.63. The lowest BCUT2D eigenvalue weighted by molar-refractivity contribution is -0.125. The number of carbonyl (C=O) groups is 2. The van der Waals surface area contributed by atoms with Crippen LogP contribution in [-0.4, -0.2) is 22.5 Å². The first kappa shape index (κ1) is 14.8. The highest BCUT2D eigenvalue weighted by Gasteiger charge is 2.28. The maximum absolute atomic E-state index is 12.6. The van der Waals surface area contributed by atoms with E-state index < -0.39 is 18.0 Å². The number of ether oxygens (including phenoxy) is 1. The van der Waals surface area contributed by atoms with Gasteiger partial charge in [-0.1, -0.05) is 0 Å². The molecule has 1 amide bonds. The average molecular weight is 318 g/mol. The number of thiophene rings is 1. The second kappa shape index (κ2) is 5.96. The molecular formula is C16H18N2O3S. The molecule has 1 atom stereocenters. The monoisotopic (exact) mass is 318 g/mol. The normalized spacial score (nSPS) is 15.1. The minimum absolute atomic E-state index is 0.464. The topological polar surface area (TPSA) is 74.3 Å². The Balaban J connectivity index is 2.02. The minimum Gasteiger partial charge on any atom is -0.449 e. The van der Waals surface area contributed by atoms with E-state index in [2.05, 4.69) is 0 Å². The zero-order valence-electron chi connectivity index (χ0n) is 12.4. The Labute approximate surface area is 132 Å². The van der Waals surface area contributed by atoms with Crippen molar-refractivity contribution in [1.82, 2.24) is 4.57 Å². The fourth-order valence-corrected chi connectivity index (χ4v) is 4.03. The molecule has 6 heteroatoms. The van der Waals surface area contributed by atoms with E-state index >= 15 is 0 Å². The van der Waals surface area contributed by atoms with Crippen molar-refractivity contribution in [3.05, 3.63) is 40.5 Å². The number of aromatic nitrogens is 1. The van der Waals surface area contributed by atoms with E-state index in [9.17, 15) is 9.59 Å². The van der Waals surface area contributed by atoms with Crippen molar-refractivity contribution < 1.29 is 14.3 Å². The van der Waals surface area contributed by atoms with Crippen LogP contribution in [0.15, 0.2) is 24.5 Å². The Morgan fingerprint density at radius 3 is 2.64 bits per heavy atom. The summed E-state index contributed by atoms with van der Waals surface area (Å²) in [6, 6.07) is 3.83. The molecule has 22 heavy (non-hydrogen) atoms. The number of hydrogen-bond donors (Lipinski definition) is 1. The molecule has 0 unspecified atom stereocenters. The summed E-state index contributed by atoms with van der Waals surface area (Å²) in [7, 11) is 0. The third-order valence-corrected chi connectivity index (χ3v) is 5.19. The smallest absolute Gasteiger partial charge is 0.342 e. The summed E-state index contributed by atoms with van der Waals surface area (Å²) in [6.45, 7) is 1.49. The van der Waals surface area contributed by atoms with E-state index in [4.69, 9.17) is 10.5 Å². The van der Waals surface area contributed by atoms with Crippen LogP contribution in [0.4, 0.5) is 0 Å². The van der Waals surface area contributed by atoms with Crippen molar-refractivity contribution in [2.24, 2.45) is 5.73 Å². The van der Waals surface area contributed by atoms with Crippen molar-refractivity contribution in [2.45, 2.75) is 38.7 Å². The number of primary amides is 1. The highest BCUT2D eigenvalue weighted by atomic mass is 32.1. The van der Waals surface area contributed by atoms with Gasteiger partial charge in [0.05, 0.1) is 5.56 Å². The van der Waals surface area contributed by atoms with Gasteiger partial charge in [0.25, 0.3) is 5.91 Å². The van der Waals surface area contributed by atoms with Crippen LogP contribution >= 0.6 is 11.3 Å². The number of fused-ring (bicyclic) bond motifs is 1. The second-order valence-corrected chi connectivity index (χ2v) is 6.51. The van der Waals surface area contributed by atoms with E-state index in [1.165, 1.54) is 11.8 Å². The lowest BCUT2D eigenvalue weighted by Gasteiger charge is -2.14. The molecule has 0 spiro atoms. The quantitative estimate of drug-likeness (QED) is 0.880. The average Bonchev–Trinajstić information content (AvgIpc) is 3.13. The largest absolute Gasteiger partial charge is 0.449 e. The van der Waals surface area contributed by atoms with Crippen LogP contribution in [0.2, 0.25) is 0 Å². The van der Waals surface area contributed by atoms with Crippen molar-refractivity contribution >= 4 is 23.2 Å². The number of nitrogens with two attached hydrogens (primary N) is 1. The van der Waals surface area contributed by atoms with Crippen LogP contribution in [0.5, 0.6) is 0 Å². The van der Waals surface area contributed by atoms with Crippen molar-refractivity contribution in [2.75, 3.05) is 0 Å². The van der Waals surface area contributed by atoms with E-state index in [0.717, 1.165) is 36.2 Å². The molecule has 0 saturated heterocycles. The Hall–Kier alpha value is -2.08. The first-order valence-corrected chi connectivity index (χ1v) is 8.17. The molecule has 5 nitrogen and oxygen atoms in total. The predicted octanol–water partition coefficient (Wildman–Crippen LogP) is 2.45. The second-order valence-electron chi connectivity index (χ2n) is 5.43. The molecule has 2 N–H and O–H groups in total. The van der Waals surface area contributed by atoms with Gasteiger partial charge in [-0.3, -0.25) is 4.79 Å². The van der Waals surface area contributed by atoms with Gasteiger partial charge >= 0.3 is 5.97 Å². The molecule has 1 aliphatic rings. The summed E-state index contributed by atoms with van der Waals surface area (Å²) in [6.07, 6.45) is 6.97. The van der Waals surface area contributed by atoms with E-state index in [-0.39, 0.29) is 0 Å². The molecule has 2 aromatic rings. The van der Waals surface area contributed by atoms with Crippen LogP contribution in [-0.2, 0) is 22.4 Å². The number of rotatable bonds is 4. The van der Waals surface area contributed by atoms with E-state index in [1.54, 1.807) is 11.3 Å². The SMILES string of the molecule is C[C@@H](OC(=O)c1c(-n2cccc2)sc2c1CCCC2)C(N)=O. The van der Waals surface area contributed by atoms with Gasteiger partial charge < -0.3 is 15.0 Å². The summed E-state index contributed by atoms with van der Waals surface area (Å²) in [5.74, 6) is -1.10. The fraction of sp³-hybridized carbons (Fsp3) is 0.375. The molecule has 116 valence electrons. The van der Waals surface area contributed by atoms with Gasteiger partial charge in [0, 0.05) is 17.3 Å². The van der Waals surface area contributed by atoms with E-state index in [0.29, 0.717) is 5.56 Å². The highest BCUT2D eigenvalue weighted by Crippen LogP contribution is 2.37. The third kappa shape index (κ3) is 2.66. The minimum atomic E-state index is -0.927. The number of nitrogens with zero attached hydrogens (tertiary/aromatic N) is 1. The molecule has 3 rings (SSSR count). The number of aryl methyl sites for hydroxylation is 1. The van der Waals surface area contributed by atoms with Crippen LogP contribution in [0.3, 0.4) is 0 Å². The molecule has 0 aliphatic heterocycles. The zero-order chi connectivity index (χ0) is 15.7. The Bertz CT molecular complexity index is 703. The fourth-order valence-electron chi connectivity index (χ4n) is 2.69. The maximum atomic E-state index is 12.6. The molecular weight excluding hydrogens is 300 g/mol. The number of esters is 1. The van der Waals surface area contributed by atoms with Gasteiger partial charge in [0.1, 0.15) is 5.00 Å². The number of amides is 1. The molecule has 0 saturated carbocycles. The van der Waals surface area contributed by atoms with Gasteiger partial charge in [-0.2, -0.15) is 0 Å². The van der Waals surface area contributed by atoms with Gasteiger partial charge in [-0.25, -0.2) is 4.79 Å². The first-order chi connectivity index (χ1) is 10.6. The molecule has 0 bridgehead atoms. The van der Waals surface area contributed by atoms with Crippen molar-refractivity contribution in [3.8, 4) is 5.00 Å². The van der Waals surface area contributed by atoms with Crippen LogP contribution in [0.25, 0.3) is 5.00 Å². The van der Waals surface area contributed by atoms with E-state index in [1.807, 2.05) is 29.1 Å². The first-order valence-electron chi connectivity index (χ1n) is 7.36. The van der Waals surface area contributed by atoms with Crippen LogP contribution in [0, 0.1) is 0 Å². The maximum Gasteiger partial charge on any atom is 0.342 e. The van der Waals surface area contributed by atoms with Gasteiger partial charge in [-0.15, -0.1) is 11.3 Å². The van der Waals surface area contributed by atoms with Gasteiger partial charge in [0.15, 0.2) is 6.10 Å². The zero-order valence-corrected chi connectivity index (χ0v) is 13.2. The lowest BCUT2D eigenvalue weighted by atomic mass is 9.95. The van der Waals surface area contributed by atoms with Crippen molar-refractivity contribution in [1.29, 1.82) is 0 Å². The lowest BCUT2D eigenvalue weighted by Crippen LogP contribution is -2.31. The van der Waals surface area contributed by atoms with Crippen LogP contribution in [0.1, 0.15) is 40.6 Å². The van der Waals surface area contributed by atoms with Gasteiger partial charge in [-0.05, 0) is 50.3 Å². The van der Waals surface area contributed by atoms with Crippen LogP contribution < -0.4 is 5.73 Å². The standard InChI is InChI=1S/C16H18N2O3S/c1-10(14(17)19)21-16(20)13-11-6-2-3-7-12(11)22-15(13)18-8-4-5-9-18/h4-5,8-10H,2-3,6-7H2,1H3,(H2,17,19)/t10-/m1/s1. The number of hydrogen-bond acceptors (Lipinski definition) is 4. The molecule has 2 heterocycles. The van der Waals surface area contributed by atoms with Crippen molar-refractivity contribution in [3.63, 3.8) is 0 Å². The molecule has 0 radical (unpaired) electrons. The van der Waals surface area contributed by atoms with Gasteiger partial charge in [0.2, 0.25) is 0 Å². The molecule has 0 aromatic carbocycles. The predicted molar refractivity (Wildman–Crippen MR) is 84.4 cm³/mol. The highest BCUT2D eigenvalue weighted by molar-refractivity contribution is 7.15.